The second kappa shape index (κ2) is 71.8. The van der Waals surface area contributed by atoms with E-state index in [1.807, 2.05) is 0 Å². The third kappa shape index (κ3) is 70.0. The molecule has 0 aliphatic carbocycles. The summed E-state index contributed by atoms with van der Waals surface area (Å²) in [6.45, 7) is 6.68. The lowest BCUT2D eigenvalue weighted by Gasteiger charge is -2.18. The van der Waals surface area contributed by atoms with E-state index in [4.69, 9.17) is 14.2 Å². The Morgan fingerprint density at radius 2 is 0.434 bits per heavy atom. The molecule has 486 valence electrons. The summed E-state index contributed by atoms with van der Waals surface area (Å²) in [5.41, 5.74) is 0. The minimum absolute atomic E-state index is 0.0697. The van der Waals surface area contributed by atoms with E-state index in [0.717, 1.165) is 77.0 Å². The summed E-state index contributed by atoms with van der Waals surface area (Å²) >= 11 is 0. The van der Waals surface area contributed by atoms with Crippen molar-refractivity contribution in [1.29, 1.82) is 0 Å². The van der Waals surface area contributed by atoms with E-state index in [0.29, 0.717) is 19.3 Å². The largest absolute Gasteiger partial charge is 0.462 e. The Morgan fingerprint density at radius 3 is 0.699 bits per heavy atom. The van der Waals surface area contributed by atoms with Gasteiger partial charge in [0.05, 0.1) is 0 Å². The van der Waals surface area contributed by atoms with Crippen LogP contribution in [0.25, 0.3) is 0 Å². The minimum atomic E-state index is -0.774. The molecular formula is C77H142O6. The highest BCUT2D eigenvalue weighted by atomic mass is 16.6. The number of rotatable bonds is 69. The third-order valence-corrected chi connectivity index (χ3v) is 16.8. The summed E-state index contributed by atoms with van der Waals surface area (Å²) in [5, 5.41) is 0. The van der Waals surface area contributed by atoms with Crippen LogP contribution in [0, 0.1) is 0 Å². The topological polar surface area (TPSA) is 78.9 Å². The zero-order valence-corrected chi connectivity index (χ0v) is 56.0. The summed E-state index contributed by atoms with van der Waals surface area (Å²) in [7, 11) is 0. The van der Waals surface area contributed by atoms with Gasteiger partial charge >= 0.3 is 17.9 Å². The maximum Gasteiger partial charge on any atom is 0.306 e. The number of allylic oxidation sites excluding steroid dienone is 8. The SMILES string of the molecule is CCCCCC/C=C\CCCCCCCC(=O)OCC(COC(=O)CCCCCCCCCCCCCCCCCCCC/C=C\C/C=C\C/C=C\CCCCCCC)OC(=O)CCCCCCCCCCCCCCCCCCCCC. The number of carbonyl (C=O) groups is 3. The van der Waals surface area contributed by atoms with Crippen LogP contribution in [-0.4, -0.2) is 37.2 Å². The zero-order chi connectivity index (χ0) is 59.9. The quantitative estimate of drug-likeness (QED) is 0.0261. The molecule has 0 radical (unpaired) electrons. The summed E-state index contributed by atoms with van der Waals surface area (Å²) in [4.78, 5) is 38.4. The molecule has 0 spiro atoms. The van der Waals surface area contributed by atoms with E-state index in [-0.39, 0.29) is 31.1 Å². The molecule has 0 N–H and O–H groups in total. The third-order valence-electron chi connectivity index (χ3n) is 16.8. The van der Waals surface area contributed by atoms with Crippen molar-refractivity contribution in [2.75, 3.05) is 13.2 Å². The Labute approximate surface area is 518 Å². The second-order valence-electron chi connectivity index (χ2n) is 25.2. The van der Waals surface area contributed by atoms with Crippen molar-refractivity contribution >= 4 is 17.9 Å². The van der Waals surface area contributed by atoms with Gasteiger partial charge in [-0.25, -0.2) is 0 Å². The molecule has 0 rings (SSSR count). The van der Waals surface area contributed by atoms with Crippen LogP contribution in [0.4, 0.5) is 0 Å². The average Bonchev–Trinajstić information content (AvgIpc) is 3.49. The summed E-state index contributed by atoms with van der Waals surface area (Å²) in [5.74, 6) is -0.849. The van der Waals surface area contributed by atoms with E-state index in [2.05, 4.69) is 69.4 Å². The monoisotopic (exact) mass is 1160 g/mol. The van der Waals surface area contributed by atoms with Gasteiger partial charge in [0, 0.05) is 19.3 Å². The van der Waals surface area contributed by atoms with E-state index >= 15 is 0 Å². The van der Waals surface area contributed by atoms with Crippen molar-refractivity contribution < 1.29 is 28.6 Å². The Balaban J connectivity index is 4.14. The fourth-order valence-electron chi connectivity index (χ4n) is 11.2. The maximum atomic E-state index is 12.9. The Kier molecular flexibility index (Phi) is 69.6. The van der Waals surface area contributed by atoms with Gasteiger partial charge in [-0.05, 0) is 83.5 Å². The fourth-order valence-corrected chi connectivity index (χ4v) is 11.2. The van der Waals surface area contributed by atoms with Gasteiger partial charge in [-0.15, -0.1) is 0 Å². The zero-order valence-electron chi connectivity index (χ0n) is 56.0. The molecule has 83 heavy (non-hydrogen) atoms. The van der Waals surface area contributed by atoms with Crippen molar-refractivity contribution in [3.05, 3.63) is 48.6 Å². The van der Waals surface area contributed by atoms with Gasteiger partial charge in [-0.2, -0.15) is 0 Å². The standard InChI is InChI=1S/C77H142O6/c1-4-7-10-13-16-19-22-25-27-29-31-32-33-34-35-36-37-38-39-40-41-42-43-44-46-47-49-52-55-58-61-64-67-70-76(79)82-73-74(72-81-75(78)69-66-63-60-57-54-51-24-21-18-15-12-9-6-3)83-77(80)71-68-65-62-59-56-53-50-48-45-30-28-26-23-20-17-14-11-8-5-2/h21-22,24-25,29,31,33-34,74H,4-20,23,26-28,30,32,35-73H2,1-3H3/b24-21-,25-22-,31-29-,34-33-. The molecule has 0 aromatic rings. The van der Waals surface area contributed by atoms with Crippen molar-refractivity contribution in [2.45, 2.75) is 412 Å². The molecule has 0 amide bonds. The molecular weight excluding hydrogens is 1020 g/mol. The molecule has 1 atom stereocenters. The predicted octanol–water partition coefficient (Wildman–Crippen LogP) is 25.7. The van der Waals surface area contributed by atoms with Crippen molar-refractivity contribution in [3.8, 4) is 0 Å². The predicted molar refractivity (Wildman–Crippen MR) is 362 cm³/mol. The number of ether oxygens (including phenoxy) is 3. The number of hydrogen-bond acceptors (Lipinski definition) is 6. The Morgan fingerprint density at radius 1 is 0.241 bits per heavy atom. The number of esters is 3. The summed E-state index contributed by atoms with van der Waals surface area (Å²) in [6.07, 6.45) is 91.6. The number of hydrogen-bond donors (Lipinski definition) is 0. The Bertz CT molecular complexity index is 1430. The maximum absolute atomic E-state index is 12.9. The molecule has 0 aliphatic rings. The minimum Gasteiger partial charge on any atom is -0.462 e. The van der Waals surface area contributed by atoms with Crippen molar-refractivity contribution in [2.24, 2.45) is 0 Å². The summed E-state index contributed by atoms with van der Waals surface area (Å²) < 4.78 is 17.0. The lowest BCUT2D eigenvalue weighted by Crippen LogP contribution is -2.30. The highest BCUT2D eigenvalue weighted by Gasteiger charge is 2.19. The summed E-state index contributed by atoms with van der Waals surface area (Å²) in [6, 6.07) is 0. The van der Waals surface area contributed by atoms with Gasteiger partial charge in [-0.1, -0.05) is 352 Å². The van der Waals surface area contributed by atoms with Gasteiger partial charge in [0.2, 0.25) is 0 Å². The smallest absolute Gasteiger partial charge is 0.306 e. The van der Waals surface area contributed by atoms with E-state index in [9.17, 15) is 14.4 Å². The lowest BCUT2D eigenvalue weighted by atomic mass is 10.0. The molecule has 0 saturated heterocycles. The van der Waals surface area contributed by atoms with Crippen LogP contribution in [0.5, 0.6) is 0 Å². The number of unbranched alkanes of at least 4 members (excludes halogenated alkanes) is 50. The van der Waals surface area contributed by atoms with Crippen LogP contribution >= 0.6 is 0 Å². The molecule has 0 heterocycles. The van der Waals surface area contributed by atoms with Crippen molar-refractivity contribution in [3.63, 3.8) is 0 Å². The van der Waals surface area contributed by atoms with Gasteiger partial charge in [0.15, 0.2) is 6.10 Å². The molecule has 6 heteroatoms. The molecule has 0 fully saturated rings. The first-order chi connectivity index (χ1) is 41.0. The van der Waals surface area contributed by atoms with Crippen LogP contribution in [0.3, 0.4) is 0 Å². The van der Waals surface area contributed by atoms with E-state index < -0.39 is 6.10 Å². The average molecular weight is 1160 g/mol. The van der Waals surface area contributed by atoms with Crippen molar-refractivity contribution in [1.82, 2.24) is 0 Å². The second-order valence-corrected chi connectivity index (χ2v) is 25.2. The first-order valence-electron chi connectivity index (χ1n) is 37.1. The first-order valence-corrected chi connectivity index (χ1v) is 37.1. The van der Waals surface area contributed by atoms with Crippen LogP contribution < -0.4 is 0 Å². The highest BCUT2D eigenvalue weighted by Crippen LogP contribution is 2.19. The van der Waals surface area contributed by atoms with Crippen LogP contribution in [0.2, 0.25) is 0 Å². The first kappa shape index (κ1) is 80.4. The van der Waals surface area contributed by atoms with E-state index in [1.54, 1.807) is 0 Å². The molecule has 1 unspecified atom stereocenters. The Hall–Kier alpha value is -2.63. The fraction of sp³-hybridized carbons (Fsp3) is 0.857. The molecule has 0 aliphatic heterocycles. The van der Waals surface area contributed by atoms with Gasteiger partial charge in [-0.3, -0.25) is 14.4 Å². The van der Waals surface area contributed by atoms with Gasteiger partial charge in [0.1, 0.15) is 13.2 Å². The molecule has 0 aromatic heterocycles. The van der Waals surface area contributed by atoms with Gasteiger partial charge in [0.25, 0.3) is 0 Å². The van der Waals surface area contributed by atoms with Crippen LogP contribution in [-0.2, 0) is 28.6 Å². The van der Waals surface area contributed by atoms with Gasteiger partial charge < -0.3 is 14.2 Å². The lowest BCUT2D eigenvalue weighted by molar-refractivity contribution is -0.167. The van der Waals surface area contributed by atoms with E-state index in [1.165, 1.54) is 289 Å². The number of carbonyl (C=O) groups excluding carboxylic acids is 3. The molecule has 6 nitrogen and oxygen atoms in total. The molecule has 0 bridgehead atoms. The highest BCUT2D eigenvalue weighted by molar-refractivity contribution is 5.71. The van der Waals surface area contributed by atoms with Crippen LogP contribution in [0.15, 0.2) is 48.6 Å². The normalized spacial score (nSPS) is 12.3. The van der Waals surface area contributed by atoms with Crippen LogP contribution in [0.1, 0.15) is 406 Å². The molecule has 0 saturated carbocycles. The molecule has 0 aromatic carbocycles.